The van der Waals surface area contributed by atoms with E-state index in [0.717, 1.165) is 5.01 Å². The Labute approximate surface area is 164 Å². The molecule has 0 saturated carbocycles. The first-order valence-electron chi connectivity index (χ1n) is 8.24. The quantitative estimate of drug-likeness (QED) is 0.473. The summed E-state index contributed by atoms with van der Waals surface area (Å²) in [5.41, 5.74) is -0.00506. The fraction of sp³-hybridized carbons (Fsp3) is 0.294. The van der Waals surface area contributed by atoms with Crippen molar-refractivity contribution in [2.24, 2.45) is 19.2 Å². The molecule has 0 fully saturated rings. The molecule has 1 aromatic carbocycles. The molecule has 1 aromatic heterocycles. The summed E-state index contributed by atoms with van der Waals surface area (Å²) >= 11 is 5.10. The summed E-state index contributed by atoms with van der Waals surface area (Å²) in [7, 11) is 2.99. The van der Waals surface area contributed by atoms with E-state index in [-0.39, 0.29) is 34.0 Å². The third-order valence-electron chi connectivity index (χ3n) is 4.62. The monoisotopic (exact) mass is 403 g/mol. The second kappa shape index (κ2) is 7.00. The fourth-order valence-electron chi connectivity index (χ4n) is 3.14. The normalized spacial score (nSPS) is 16.2. The number of hydrogen-bond acceptors (Lipinski definition) is 7. The number of nitrogens with zero attached hydrogens (tertiary/aromatic N) is 5. The first-order chi connectivity index (χ1) is 13.1. The number of aromatic hydroxyl groups is 1. The van der Waals surface area contributed by atoms with Crippen LogP contribution in [0.5, 0.6) is 5.88 Å². The molecule has 0 radical (unpaired) electrons. The van der Waals surface area contributed by atoms with Crippen LogP contribution in [0.15, 0.2) is 34.2 Å². The van der Waals surface area contributed by atoms with E-state index in [9.17, 15) is 24.8 Å². The van der Waals surface area contributed by atoms with Gasteiger partial charge in [-0.1, -0.05) is 12.1 Å². The number of non-ortho nitro benzene ring substituents is 1. The molecule has 1 aliphatic rings. The second-order valence-corrected chi connectivity index (χ2v) is 6.75. The van der Waals surface area contributed by atoms with Crippen molar-refractivity contribution in [2.75, 3.05) is 0 Å². The SMILES string of the molecule is CC(=O)N1N=C(c2c(O)n(C)c(=S)n(C)c2=O)C[C@@H]1c1cccc([N+](=O)[O-])c1. The number of aromatic nitrogens is 2. The average molecular weight is 403 g/mol. The number of nitro groups is 1. The Balaban J connectivity index is 2.13. The third-order valence-corrected chi connectivity index (χ3v) is 5.17. The fourth-order valence-corrected chi connectivity index (χ4v) is 3.31. The van der Waals surface area contributed by atoms with Crippen molar-refractivity contribution in [3.05, 3.63) is 60.6 Å². The van der Waals surface area contributed by atoms with Crippen LogP contribution in [0.2, 0.25) is 0 Å². The summed E-state index contributed by atoms with van der Waals surface area (Å²) in [6.45, 7) is 1.31. The molecule has 0 aliphatic carbocycles. The van der Waals surface area contributed by atoms with Gasteiger partial charge in [0.2, 0.25) is 11.8 Å². The lowest BCUT2D eigenvalue weighted by Crippen LogP contribution is -2.28. The highest BCUT2D eigenvalue weighted by Crippen LogP contribution is 2.34. The number of benzene rings is 1. The summed E-state index contributed by atoms with van der Waals surface area (Å²) < 4.78 is 2.60. The summed E-state index contributed by atoms with van der Waals surface area (Å²) in [4.78, 5) is 35.3. The largest absolute Gasteiger partial charge is 0.494 e. The standard InChI is InChI=1S/C17H17N5O5S/c1-9(23)21-13(10-5-4-6-11(7-10)22(26)27)8-12(18-21)14-15(24)19(2)17(28)20(3)16(14)25/h4-7,13,24H,8H2,1-3H3/t13-/m1/s1. The third kappa shape index (κ3) is 3.09. The van der Waals surface area contributed by atoms with Crippen molar-refractivity contribution < 1.29 is 14.8 Å². The molecule has 10 nitrogen and oxygen atoms in total. The molecule has 11 heteroatoms. The Morgan fingerprint density at radius 3 is 2.64 bits per heavy atom. The van der Waals surface area contributed by atoms with E-state index in [4.69, 9.17) is 12.2 Å². The van der Waals surface area contributed by atoms with Crippen LogP contribution >= 0.6 is 12.2 Å². The van der Waals surface area contributed by atoms with E-state index < -0.39 is 22.4 Å². The second-order valence-electron chi connectivity index (χ2n) is 6.39. The lowest BCUT2D eigenvalue weighted by Gasteiger charge is -2.20. The zero-order chi connectivity index (χ0) is 20.7. The van der Waals surface area contributed by atoms with E-state index in [1.165, 1.54) is 48.4 Å². The summed E-state index contributed by atoms with van der Waals surface area (Å²) in [5.74, 6) is -0.748. The summed E-state index contributed by atoms with van der Waals surface area (Å²) in [5, 5.41) is 26.9. The van der Waals surface area contributed by atoms with Gasteiger partial charge in [-0.05, 0) is 17.8 Å². The van der Waals surface area contributed by atoms with Gasteiger partial charge in [-0.2, -0.15) is 5.10 Å². The number of carbonyl (C=O) groups excluding carboxylic acids is 1. The number of carbonyl (C=O) groups is 1. The van der Waals surface area contributed by atoms with Crippen LogP contribution in [-0.2, 0) is 18.9 Å². The predicted octanol–water partition coefficient (Wildman–Crippen LogP) is 1.76. The predicted molar refractivity (Wildman–Crippen MR) is 103 cm³/mol. The maximum Gasteiger partial charge on any atom is 0.269 e. The molecular formula is C17H17N5O5S. The maximum atomic E-state index is 12.7. The highest BCUT2D eigenvalue weighted by molar-refractivity contribution is 7.71. The van der Waals surface area contributed by atoms with Crippen LogP contribution < -0.4 is 5.56 Å². The van der Waals surface area contributed by atoms with Gasteiger partial charge in [0, 0.05) is 39.6 Å². The Morgan fingerprint density at radius 1 is 1.36 bits per heavy atom. The van der Waals surface area contributed by atoms with Crippen molar-refractivity contribution in [1.29, 1.82) is 0 Å². The van der Waals surface area contributed by atoms with Crippen LogP contribution in [0.25, 0.3) is 0 Å². The Morgan fingerprint density at radius 2 is 2.04 bits per heavy atom. The molecule has 2 aromatic rings. The molecule has 1 atom stereocenters. The van der Waals surface area contributed by atoms with E-state index in [0.29, 0.717) is 5.56 Å². The minimum absolute atomic E-state index is 0.0576. The minimum Gasteiger partial charge on any atom is -0.494 e. The number of amides is 1. The highest BCUT2D eigenvalue weighted by Gasteiger charge is 2.35. The molecule has 146 valence electrons. The van der Waals surface area contributed by atoms with E-state index >= 15 is 0 Å². The molecular weight excluding hydrogens is 386 g/mol. The van der Waals surface area contributed by atoms with Gasteiger partial charge in [0.1, 0.15) is 5.56 Å². The van der Waals surface area contributed by atoms with Crippen LogP contribution in [-0.4, -0.2) is 35.8 Å². The highest BCUT2D eigenvalue weighted by atomic mass is 32.1. The molecule has 0 unspecified atom stereocenters. The molecule has 1 aliphatic heterocycles. The first-order valence-corrected chi connectivity index (χ1v) is 8.65. The number of hydrazone groups is 1. The van der Waals surface area contributed by atoms with Crippen molar-refractivity contribution in [1.82, 2.24) is 14.1 Å². The Hall–Kier alpha value is -3.34. The number of hydrogen-bond donors (Lipinski definition) is 1. The Kier molecular flexibility index (Phi) is 4.86. The lowest BCUT2D eigenvalue weighted by molar-refractivity contribution is -0.384. The zero-order valence-electron chi connectivity index (χ0n) is 15.3. The molecule has 2 heterocycles. The minimum atomic E-state index is -0.634. The number of nitro benzene ring substituents is 1. The average Bonchev–Trinajstić information content (AvgIpc) is 3.10. The first kappa shape index (κ1) is 19.4. The molecule has 28 heavy (non-hydrogen) atoms. The lowest BCUT2D eigenvalue weighted by atomic mass is 9.98. The van der Waals surface area contributed by atoms with Crippen LogP contribution in [0.1, 0.15) is 30.5 Å². The molecule has 0 spiro atoms. The number of rotatable bonds is 3. The van der Waals surface area contributed by atoms with Crippen molar-refractivity contribution in [3.8, 4) is 5.88 Å². The molecule has 0 saturated heterocycles. The Bertz CT molecular complexity index is 1150. The molecule has 1 amide bonds. The van der Waals surface area contributed by atoms with Gasteiger partial charge in [0.15, 0.2) is 4.77 Å². The molecule has 0 bridgehead atoms. The van der Waals surface area contributed by atoms with Crippen LogP contribution in [0.4, 0.5) is 5.69 Å². The van der Waals surface area contributed by atoms with Crippen molar-refractivity contribution >= 4 is 29.5 Å². The van der Waals surface area contributed by atoms with Gasteiger partial charge in [0.25, 0.3) is 11.2 Å². The van der Waals surface area contributed by atoms with E-state index in [1.54, 1.807) is 6.07 Å². The summed E-state index contributed by atoms with van der Waals surface area (Å²) in [6.07, 6.45) is 0.111. The maximum absolute atomic E-state index is 12.7. The van der Waals surface area contributed by atoms with Gasteiger partial charge in [-0.3, -0.25) is 28.8 Å². The van der Waals surface area contributed by atoms with Crippen molar-refractivity contribution in [3.63, 3.8) is 0 Å². The zero-order valence-corrected chi connectivity index (χ0v) is 16.1. The van der Waals surface area contributed by atoms with Crippen molar-refractivity contribution in [2.45, 2.75) is 19.4 Å². The van der Waals surface area contributed by atoms with Crippen LogP contribution in [0, 0.1) is 14.9 Å². The topological polar surface area (TPSA) is 123 Å². The van der Waals surface area contributed by atoms with E-state index in [1.807, 2.05) is 0 Å². The summed E-state index contributed by atoms with van der Waals surface area (Å²) in [6, 6.07) is 5.25. The van der Waals surface area contributed by atoms with Gasteiger partial charge < -0.3 is 5.11 Å². The van der Waals surface area contributed by atoms with Gasteiger partial charge in [-0.15, -0.1) is 0 Å². The van der Waals surface area contributed by atoms with Gasteiger partial charge >= 0.3 is 0 Å². The van der Waals surface area contributed by atoms with Gasteiger partial charge in [0.05, 0.1) is 16.7 Å². The molecule has 1 N–H and O–H groups in total. The van der Waals surface area contributed by atoms with Crippen LogP contribution in [0.3, 0.4) is 0 Å². The smallest absolute Gasteiger partial charge is 0.269 e. The van der Waals surface area contributed by atoms with Gasteiger partial charge in [-0.25, -0.2) is 5.01 Å². The van der Waals surface area contributed by atoms with E-state index in [2.05, 4.69) is 5.10 Å². The molecule has 3 rings (SSSR count).